The number of nitrogens with two attached hydrogens (primary N) is 2. The molecular weight excluding hydrogens is 254 g/mol. The first kappa shape index (κ1) is 15.0. The minimum atomic E-state index is -1.10. The first-order chi connectivity index (χ1) is 9.56. The van der Waals surface area contributed by atoms with E-state index in [4.69, 9.17) is 16.2 Å². The van der Waals surface area contributed by atoms with Gasteiger partial charge < -0.3 is 21.1 Å². The van der Waals surface area contributed by atoms with E-state index in [1.807, 2.05) is 30.3 Å². The summed E-state index contributed by atoms with van der Waals surface area (Å²) in [5.41, 5.74) is 11.5. The van der Waals surface area contributed by atoms with E-state index < -0.39 is 11.4 Å². The molecule has 1 heterocycles. The van der Waals surface area contributed by atoms with Crippen molar-refractivity contribution in [3.8, 4) is 0 Å². The molecule has 110 valence electrons. The van der Waals surface area contributed by atoms with Crippen LogP contribution in [0.2, 0.25) is 0 Å². The highest BCUT2D eigenvalue weighted by Crippen LogP contribution is 2.23. The van der Waals surface area contributed by atoms with Crippen molar-refractivity contribution in [3.63, 3.8) is 0 Å². The van der Waals surface area contributed by atoms with E-state index in [9.17, 15) is 4.79 Å². The first-order valence-corrected chi connectivity index (χ1v) is 6.95. The third kappa shape index (κ3) is 3.17. The van der Waals surface area contributed by atoms with Gasteiger partial charge in [-0.2, -0.15) is 0 Å². The van der Waals surface area contributed by atoms with Crippen molar-refractivity contribution in [1.29, 1.82) is 0 Å². The molecule has 1 aromatic carbocycles. The quantitative estimate of drug-likeness (QED) is 0.790. The Kier molecular flexibility index (Phi) is 4.75. The fourth-order valence-corrected chi connectivity index (χ4v) is 2.67. The molecule has 0 spiro atoms. The maximum absolute atomic E-state index is 11.8. The van der Waals surface area contributed by atoms with Crippen LogP contribution in [-0.2, 0) is 15.1 Å². The lowest BCUT2D eigenvalue weighted by molar-refractivity contribution is -0.123. The Bertz CT molecular complexity index is 452. The average molecular weight is 277 g/mol. The monoisotopic (exact) mass is 277 g/mol. The number of methoxy groups -OCH3 is 1. The minimum Gasteiger partial charge on any atom is -0.380 e. The molecule has 1 amide bonds. The Morgan fingerprint density at radius 2 is 2.15 bits per heavy atom. The van der Waals surface area contributed by atoms with Crippen molar-refractivity contribution in [2.75, 3.05) is 26.7 Å². The van der Waals surface area contributed by atoms with Crippen LogP contribution in [0.4, 0.5) is 0 Å². The van der Waals surface area contributed by atoms with Crippen LogP contribution >= 0.6 is 0 Å². The standard InChI is InChI=1S/C15H23N3O2/c1-20-13-7-9-18(11-13)10-8-15(17,14(16)19)12-5-3-2-4-6-12/h2-6,13H,7-11,17H2,1H3,(H2,16,19). The predicted octanol–water partition coefficient (Wildman–Crippen LogP) is 0.437. The van der Waals surface area contributed by atoms with E-state index in [1.54, 1.807) is 7.11 Å². The van der Waals surface area contributed by atoms with Gasteiger partial charge in [-0.05, 0) is 18.4 Å². The van der Waals surface area contributed by atoms with Crippen molar-refractivity contribution in [2.45, 2.75) is 24.5 Å². The van der Waals surface area contributed by atoms with Gasteiger partial charge in [0.2, 0.25) is 5.91 Å². The normalized spacial score (nSPS) is 22.6. The van der Waals surface area contributed by atoms with E-state index in [0.29, 0.717) is 6.42 Å². The van der Waals surface area contributed by atoms with Crippen LogP contribution in [-0.4, -0.2) is 43.7 Å². The third-order valence-corrected chi connectivity index (χ3v) is 4.11. The van der Waals surface area contributed by atoms with E-state index in [-0.39, 0.29) is 6.10 Å². The topological polar surface area (TPSA) is 81.6 Å². The summed E-state index contributed by atoms with van der Waals surface area (Å²) in [6.45, 7) is 2.61. The number of ether oxygens (including phenoxy) is 1. The molecule has 5 heteroatoms. The first-order valence-electron chi connectivity index (χ1n) is 6.95. The molecule has 1 aliphatic rings. The van der Waals surface area contributed by atoms with Crippen LogP contribution in [0, 0.1) is 0 Å². The molecule has 4 N–H and O–H groups in total. The second kappa shape index (κ2) is 6.35. The lowest BCUT2D eigenvalue weighted by Crippen LogP contribution is -2.50. The Morgan fingerprint density at radius 3 is 2.70 bits per heavy atom. The minimum absolute atomic E-state index is 0.285. The molecule has 2 atom stereocenters. The van der Waals surface area contributed by atoms with E-state index in [1.165, 1.54) is 0 Å². The summed E-state index contributed by atoms with van der Waals surface area (Å²) in [6.07, 6.45) is 1.83. The number of carbonyl (C=O) groups excluding carboxylic acids is 1. The van der Waals surface area contributed by atoms with Crippen LogP contribution in [0.3, 0.4) is 0 Å². The van der Waals surface area contributed by atoms with E-state index >= 15 is 0 Å². The van der Waals surface area contributed by atoms with Crippen molar-refractivity contribution in [3.05, 3.63) is 35.9 Å². The Balaban J connectivity index is 2.02. The number of carbonyl (C=O) groups is 1. The SMILES string of the molecule is COC1CCN(CCC(N)(C(N)=O)c2ccccc2)C1. The van der Waals surface area contributed by atoms with Crippen LogP contribution < -0.4 is 11.5 Å². The van der Waals surface area contributed by atoms with E-state index in [2.05, 4.69) is 4.90 Å². The number of likely N-dealkylation sites (tertiary alicyclic amines) is 1. The molecule has 0 aromatic heterocycles. The highest BCUT2D eigenvalue weighted by atomic mass is 16.5. The average Bonchev–Trinajstić information content (AvgIpc) is 2.93. The van der Waals surface area contributed by atoms with Crippen LogP contribution in [0.25, 0.3) is 0 Å². The van der Waals surface area contributed by atoms with Gasteiger partial charge in [0.05, 0.1) is 6.10 Å². The second-order valence-corrected chi connectivity index (χ2v) is 5.40. The summed E-state index contributed by atoms with van der Waals surface area (Å²) in [5, 5.41) is 0. The maximum Gasteiger partial charge on any atom is 0.242 e. The zero-order chi connectivity index (χ0) is 14.6. The van der Waals surface area contributed by atoms with Gasteiger partial charge in [0.25, 0.3) is 0 Å². The van der Waals surface area contributed by atoms with Crippen molar-refractivity contribution in [1.82, 2.24) is 4.90 Å². The van der Waals surface area contributed by atoms with Crippen molar-refractivity contribution >= 4 is 5.91 Å². The number of nitrogens with zero attached hydrogens (tertiary/aromatic N) is 1. The van der Waals surface area contributed by atoms with Gasteiger partial charge in [0.15, 0.2) is 0 Å². The summed E-state index contributed by atoms with van der Waals surface area (Å²) in [4.78, 5) is 14.1. The van der Waals surface area contributed by atoms with Gasteiger partial charge in [-0.1, -0.05) is 30.3 Å². The van der Waals surface area contributed by atoms with Gasteiger partial charge in [-0.15, -0.1) is 0 Å². The summed E-state index contributed by atoms with van der Waals surface area (Å²) in [6, 6.07) is 9.35. The van der Waals surface area contributed by atoms with Gasteiger partial charge in [-0.3, -0.25) is 4.79 Å². The number of primary amides is 1. The molecular formula is C15H23N3O2. The molecule has 2 unspecified atom stereocenters. The van der Waals surface area contributed by atoms with Crippen LogP contribution in [0.5, 0.6) is 0 Å². The van der Waals surface area contributed by atoms with Crippen LogP contribution in [0.15, 0.2) is 30.3 Å². The lowest BCUT2D eigenvalue weighted by atomic mass is 9.87. The highest BCUT2D eigenvalue weighted by molar-refractivity contribution is 5.85. The highest BCUT2D eigenvalue weighted by Gasteiger charge is 2.35. The van der Waals surface area contributed by atoms with Gasteiger partial charge in [-0.25, -0.2) is 0 Å². The number of amides is 1. The van der Waals surface area contributed by atoms with Gasteiger partial charge in [0, 0.05) is 26.7 Å². The molecule has 0 bridgehead atoms. The fraction of sp³-hybridized carbons (Fsp3) is 0.533. The van der Waals surface area contributed by atoms with E-state index in [0.717, 1.165) is 31.6 Å². The molecule has 1 aliphatic heterocycles. The summed E-state index contributed by atoms with van der Waals surface area (Å²) >= 11 is 0. The summed E-state index contributed by atoms with van der Waals surface area (Å²) in [7, 11) is 1.73. The third-order valence-electron chi connectivity index (χ3n) is 4.11. The molecule has 1 fully saturated rings. The molecule has 0 aliphatic carbocycles. The zero-order valence-electron chi connectivity index (χ0n) is 11.9. The number of benzene rings is 1. The molecule has 0 radical (unpaired) electrons. The molecule has 20 heavy (non-hydrogen) atoms. The smallest absolute Gasteiger partial charge is 0.242 e. The number of rotatable bonds is 6. The predicted molar refractivity (Wildman–Crippen MR) is 78.0 cm³/mol. The fourth-order valence-electron chi connectivity index (χ4n) is 2.67. The molecule has 1 aromatic rings. The van der Waals surface area contributed by atoms with Crippen molar-refractivity contribution < 1.29 is 9.53 Å². The maximum atomic E-state index is 11.8. The Morgan fingerprint density at radius 1 is 1.45 bits per heavy atom. The number of hydrogen-bond acceptors (Lipinski definition) is 4. The number of hydrogen-bond donors (Lipinski definition) is 2. The van der Waals surface area contributed by atoms with Crippen LogP contribution in [0.1, 0.15) is 18.4 Å². The van der Waals surface area contributed by atoms with Crippen molar-refractivity contribution in [2.24, 2.45) is 11.5 Å². The Hall–Kier alpha value is -1.43. The molecule has 2 rings (SSSR count). The Labute approximate surface area is 119 Å². The molecule has 0 saturated carbocycles. The van der Waals surface area contributed by atoms with Gasteiger partial charge >= 0.3 is 0 Å². The summed E-state index contributed by atoms with van der Waals surface area (Å²) in [5.74, 6) is -0.480. The molecule has 1 saturated heterocycles. The second-order valence-electron chi connectivity index (χ2n) is 5.40. The largest absolute Gasteiger partial charge is 0.380 e. The lowest BCUT2D eigenvalue weighted by Gasteiger charge is -2.28. The zero-order valence-corrected chi connectivity index (χ0v) is 11.9. The van der Waals surface area contributed by atoms with Gasteiger partial charge in [0.1, 0.15) is 5.54 Å². The molecule has 5 nitrogen and oxygen atoms in total. The summed E-state index contributed by atoms with van der Waals surface area (Å²) < 4.78 is 5.34.